The third-order valence-corrected chi connectivity index (χ3v) is 5.41. The molecule has 0 atom stereocenters. The Bertz CT molecular complexity index is 793. The summed E-state index contributed by atoms with van der Waals surface area (Å²) in [6.45, 7) is 10.8. The monoisotopic (exact) mass is 532 g/mol. The number of aryl methyl sites for hydroxylation is 1. The van der Waals surface area contributed by atoms with Crippen molar-refractivity contribution in [2.75, 3.05) is 33.9 Å². The predicted molar refractivity (Wildman–Crippen MR) is 133 cm³/mol. The highest BCUT2D eigenvalue weighted by Gasteiger charge is 2.22. The average molecular weight is 532 g/mol. The van der Waals surface area contributed by atoms with E-state index in [1.807, 2.05) is 18.3 Å². The van der Waals surface area contributed by atoms with Crippen LogP contribution in [-0.4, -0.2) is 44.8 Å². The molecule has 1 aromatic heterocycles. The van der Waals surface area contributed by atoms with E-state index in [9.17, 15) is 0 Å². The summed E-state index contributed by atoms with van der Waals surface area (Å²) < 4.78 is 10.8. The highest BCUT2D eigenvalue weighted by Crippen LogP contribution is 2.33. The fraction of sp³-hybridized carbons (Fsp3) is 0.524. The first-order valence-electron chi connectivity index (χ1n) is 9.55. The standard InChI is InChI=1S/C21H32N4O2S.HI/c1-7-22-20(23-11-10-19-24-13-15(2)28-19)25-14-21(3,4)16-8-9-17(26-5)18(12-16)27-6;/h8-9,12-13H,7,10-11,14H2,1-6H3,(H2,22,23,25);1H. The van der Waals surface area contributed by atoms with Crippen LogP contribution in [0.5, 0.6) is 11.5 Å². The molecule has 0 fully saturated rings. The minimum absolute atomic E-state index is 0. The van der Waals surface area contributed by atoms with Gasteiger partial charge in [-0.25, -0.2) is 4.98 Å². The van der Waals surface area contributed by atoms with E-state index >= 15 is 0 Å². The number of aliphatic imine (C=N–C) groups is 1. The average Bonchev–Trinajstić information content (AvgIpc) is 3.10. The molecule has 0 saturated carbocycles. The van der Waals surface area contributed by atoms with Crippen molar-refractivity contribution in [3.8, 4) is 11.5 Å². The molecule has 0 saturated heterocycles. The van der Waals surface area contributed by atoms with Gasteiger partial charge >= 0.3 is 0 Å². The summed E-state index contributed by atoms with van der Waals surface area (Å²) in [5.41, 5.74) is 1.01. The van der Waals surface area contributed by atoms with Crippen LogP contribution in [0.2, 0.25) is 0 Å². The third-order valence-electron chi connectivity index (χ3n) is 4.44. The Labute approximate surface area is 195 Å². The van der Waals surface area contributed by atoms with E-state index in [1.54, 1.807) is 25.6 Å². The maximum absolute atomic E-state index is 5.44. The minimum atomic E-state index is -0.145. The fourth-order valence-electron chi connectivity index (χ4n) is 2.77. The first kappa shape index (κ1) is 25.5. The van der Waals surface area contributed by atoms with Crippen molar-refractivity contribution in [2.45, 2.75) is 39.5 Å². The number of rotatable bonds is 9. The lowest BCUT2D eigenvalue weighted by molar-refractivity contribution is 0.353. The molecular weight excluding hydrogens is 499 g/mol. The Morgan fingerprint density at radius 1 is 1.17 bits per heavy atom. The Hall–Kier alpha value is -1.55. The van der Waals surface area contributed by atoms with Crippen LogP contribution >= 0.6 is 35.3 Å². The van der Waals surface area contributed by atoms with Crippen LogP contribution in [-0.2, 0) is 11.8 Å². The summed E-state index contributed by atoms with van der Waals surface area (Å²) in [6.07, 6.45) is 2.81. The number of halogens is 1. The third kappa shape index (κ3) is 7.65. The highest BCUT2D eigenvalue weighted by molar-refractivity contribution is 14.0. The normalized spacial score (nSPS) is 11.6. The van der Waals surface area contributed by atoms with E-state index in [-0.39, 0.29) is 29.4 Å². The molecule has 0 aliphatic rings. The lowest BCUT2D eigenvalue weighted by Crippen LogP contribution is -2.39. The van der Waals surface area contributed by atoms with Crippen molar-refractivity contribution >= 4 is 41.3 Å². The van der Waals surface area contributed by atoms with Crippen molar-refractivity contribution in [1.82, 2.24) is 15.6 Å². The molecule has 162 valence electrons. The van der Waals surface area contributed by atoms with Gasteiger partial charge in [0.1, 0.15) is 0 Å². The summed E-state index contributed by atoms with van der Waals surface area (Å²) in [4.78, 5) is 10.5. The van der Waals surface area contributed by atoms with Crippen molar-refractivity contribution in [1.29, 1.82) is 0 Å². The summed E-state index contributed by atoms with van der Waals surface area (Å²) in [5, 5.41) is 7.87. The van der Waals surface area contributed by atoms with Crippen LogP contribution in [0.1, 0.15) is 36.2 Å². The van der Waals surface area contributed by atoms with Crippen LogP contribution in [0.4, 0.5) is 0 Å². The van der Waals surface area contributed by atoms with Gasteiger partial charge in [-0.1, -0.05) is 19.9 Å². The topological polar surface area (TPSA) is 67.8 Å². The van der Waals surface area contributed by atoms with Crippen molar-refractivity contribution in [2.24, 2.45) is 4.99 Å². The van der Waals surface area contributed by atoms with Crippen molar-refractivity contribution in [3.63, 3.8) is 0 Å². The second kappa shape index (κ2) is 12.2. The van der Waals surface area contributed by atoms with Crippen molar-refractivity contribution in [3.05, 3.63) is 39.8 Å². The number of hydrogen-bond acceptors (Lipinski definition) is 5. The van der Waals surface area contributed by atoms with Gasteiger partial charge in [-0.15, -0.1) is 35.3 Å². The van der Waals surface area contributed by atoms with Gasteiger partial charge in [-0.3, -0.25) is 4.99 Å². The molecule has 0 bridgehead atoms. The summed E-state index contributed by atoms with van der Waals surface area (Å²) >= 11 is 1.74. The molecule has 0 radical (unpaired) electrons. The number of nitrogens with one attached hydrogen (secondary N) is 2. The first-order chi connectivity index (χ1) is 13.4. The fourth-order valence-corrected chi connectivity index (χ4v) is 3.56. The second-order valence-corrected chi connectivity index (χ2v) is 8.51. The van der Waals surface area contributed by atoms with Crippen LogP contribution in [0, 0.1) is 6.92 Å². The number of thiazole rings is 1. The van der Waals surface area contributed by atoms with Gasteiger partial charge in [0.25, 0.3) is 0 Å². The smallest absolute Gasteiger partial charge is 0.191 e. The number of methoxy groups -OCH3 is 2. The zero-order valence-electron chi connectivity index (χ0n) is 18.2. The number of hydrogen-bond donors (Lipinski definition) is 2. The summed E-state index contributed by atoms with van der Waals surface area (Å²) in [6, 6.07) is 6.04. The number of ether oxygens (including phenoxy) is 2. The maximum atomic E-state index is 5.44. The Morgan fingerprint density at radius 2 is 1.90 bits per heavy atom. The minimum Gasteiger partial charge on any atom is -0.493 e. The first-order valence-corrected chi connectivity index (χ1v) is 10.4. The molecule has 29 heavy (non-hydrogen) atoms. The van der Waals surface area contributed by atoms with Gasteiger partial charge in [0, 0.05) is 36.0 Å². The zero-order valence-corrected chi connectivity index (χ0v) is 21.3. The Morgan fingerprint density at radius 3 is 2.48 bits per heavy atom. The van der Waals surface area contributed by atoms with Crippen LogP contribution < -0.4 is 20.1 Å². The zero-order chi connectivity index (χ0) is 20.6. The molecule has 1 aromatic carbocycles. The number of nitrogens with zero attached hydrogens (tertiary/aromatic N) is 2. The summed E-state index contributed by atoms with van der Waals surface area (Å²) in [5.74, 6) is 2.29. The lowest BCUT2D eigenvalue weighted by atomic mass is 9.84. The van der Waals surface area contributed by atoms with Gasteiger partial charge in [-0.05, 0) is 31.5 Å². The van der Waals surface area contributed by atoms with E-state index in [0.717, 1.165) is 47.5 Å². The quantitative estimate of drug-likeness (QED) is 0.289. The molecule has 0 spiro atoms. The Kier molecular flexibility index (Phi) is 10.7. The molecule has 2 rings (SSSR count). The van der Waals surface area contributed by atoms with Gasteiger partial charge in [-0.2, -0.15) is 0 Å². The molecule has 0 unspecified atom stereocenters. The molecular formula is C21H33IN4O2S. The second-order valence-electron chi connectivity index (χ2n) is 7.19. The summed E-state index contributed by atoms with van der Waals surface area (Å²) in [7, 11) is 3.30. The van der Waals surface area contributed by atoms with E-state index in [2.05, 4.69) is 49.4 Å². The molecule has 2 aromatic rings. The van der Waals surface area contributed by atoms with Crippen molar-refractivity contribution < 1.29 is 9.47 Å². The van der Waals surface area contributed by atoms with Gasteiger partial charge in [0.2, 0.25) is 0 Å². The molecule has 0 aliphatic carbocycles. The maximum Gasteiger partial charge on any atom is 0.191 e. The van der Waals surface area contributed by atoms with Crippen LogP contribution in [0.15, 0.2) is 29.4 Å². The molecule has 6 nitrogen and oxygen atoms in total. The molecule has 0 amide bonds. The number of guanidine groups is 1. The van der Waals surface area contributed by atoms with Gasteiger partial charge in [0.05, 0.1) is 25.8 Å². The van der Waals surface area contributed by atoms with E-state index in [1.165, 1.54) is 4.88 Å². The SMILES string of the molecule is CCNC(=NCC(C)(C)c1ccc(OC)c(OC)c1)NCCc1ncc(C)s1.I. The molecule has 8 heteroatoms. The molecule has 2 N–H and O–H groups in total. The number of benzene rings is 1. The largest absolute Gasteiger partial charge is 0.493 e. The number of aromatic nitrogens is 1. The molecule has 1 heterocycles. The lowest BCUT2D eigenvalue weighted by Gasteiger charge is -2.25. The van der Waals surface area contributed by atoms with Gasteiger partial charge in [0.15, 0.2) is 17.5 Å². The molecule has 0 aliphatic heterocycles. The van der Waals surface area contributed by atoms with E-state index in [4.69, 9.17) is 14.5 Å². The van der Waals surface area contributed by atoms with E-state index in [0.29, 0.717) is 6.54 Å². The highest BCUT2D eigenvalue weighted by atomic mass is 127. The van der Waals surface area contributed by atoms with Gasteiger partial charge < -0.3 is 20.1 Å². The van der Waals surface area contributed by atoms with Crippen LogP contribution in [0.3, 0.4) is 0 Å². The Balaban J connectivity index is 0.00000420. The predicted octanol–water partition coefficient (Wildman–Crippen LogP) is 4.16. The van der Waals surface area contributed by atoms with Crippen LogP contribution in [0.25, 0.3) is 0 Å². The van der Waals surface area contributed by atoms with E-state index < -0.39 is 0 Å².